The maximum atomic E-state index is 12.6. The van der Waals surface area contributed by atoms with Gasteiger partial charge in [-0.15, -0.1) is 0 Å². The van der Waals surface area contributed by atoms with E-state index in [9.17, 15) is 14.0 Å². The fourth-order valence-corrected chi connectivity index (χ4v) is 3.31. The number of amides is 2. The number of urea groups is 1. The summed E-state index contributed by atoms with van der Waals surface area (Å²) in [5.41, 5.74) is 0.732. The van der Waals surface area contributed by atoms with Crippen molar-refractivity contribution < 1.29 is 19.1 Å². The number of rotatable bonds is 7. The second-order valence-electron chi connectivity index (χ2n) is 5.85. The van der Waals surface area contributed by atoms with Gasteiger partial charge in [-0.05, 0) is 24.1 Å². The Labute approximate surface area is 149 Å². The van der Waals surface area contributed by atoms with Gasteiger partial charge in [-0.2, -0.15) is 0 Å². The molecule has 1 atom stereocenters. The van der Waals surface area contributed by atoms with E-state index >= 15 is 0 Å². The maximum Gasteiger partial charge on any atom is 0.320 e. The molecule has 1 saturated heterocycles. The van der Waals surface area contributed by atoms with Gasteiger partial charge in [0.05, 0.1) is 13.1 Å². The first-order valence-corrected chi connectivity index (χ1v) is 8.42. The normalized spacial score (nSPS) is 18.1. The van der Waals surface area contributed by atoms with Crippen LogP contribution in [0.3, 0.4) is 0 Å². The Kier molecular flexibility index (Phi) is 6.69. The molecule has 0 radical (unpaired) electrons. The number of halogens is 3. The zero-order chi connectivity index (χ0) is 17.7. The van der Waals surface area contributed by atoms with Crippen molar-refractivity contribution in [2.45, 2.75) is 19.4 Å². The summed E-state index contributed by atoms with van der Waals surface area (Å²) in [6, 6.07) is 4.80. The summed E-state index contributed by atoms with van der Waals surface area (Å²) in [6.45, 7) is 0.677. The number of benzene rings is 1. The van der Waals surface area contributed by atoms with Gasteiger partial charge in [0.25, 0.3) is 0 Å². The summed E-state index contributed by atoms with van der Waals surface area (Å²) in [5, 5.41) is 9.98. The molecule has 0 aromatic heterocycles. The molecule has 1 N–H and O–H groups in total. The van der Waals surface area contributed by atoms with Crippen LogP contribution in [0.5, 0.6) is 0 Å². The lowest BCUT2D eigenvalue weighted by Crippen LogP contribution is -2.53. The van der Waals surface area contributed by atoms with Gasteiger partial charge >= 0.3 is 12.0 Å². The molecule has 1 aliphatic rings. The number of alkyl halides is 1. The average Bonchev–Trinajstić information content (AvgIpc) is 2.51. The van der Waals surface area contributed by atoms with Crippen molar-refractivity contribution in [1.29, 1.82) is 0 Å². The van der Waals surface area contributed by atoms with Gasteiger partial charge in [-0.25, -0.2) is 4.79 Å². The third-order valence-electron chi connectivity index (χ3n) is 3.90. The molecule has 0 spiro atoms. The van der Waals surface area contributed by atoms with Crippen LogP contribution < -0.4 is 0 Å². The van der Waals surface area contributed by atoms with Crippen LogP contribution >= 0.6 is 23.2 Å². The van der Waals surface area contributed by atoms with Gasteiger partial charge in [0.2, 0.25) is 0 Å². The third kappa shape index (κ3) is 4.98. The lowest BCUT2D eigenvalue weighted by atomic mass is 10.0. The van der Waals surface area contributed by atoms with Crippen LogP contribution in [-0.4, -0.2) is 53.2 Å². The first kappa shape index (κ1) is 18.8. The number of carbonyl (C=O) groups excluding carboxylic acids is 1. The number of hydrogen-bond acceptors (Lipinski definition) is 2. The van der Waals surface area contributed by atoms with E-state index in [0.717, 1.165) is 5.56 Å². The van der Waals surface area contributed by atoms with Crippen LogP contribution in [0, 0.1) is 5.92 Å². The smallest absolute Gasteiger partial charge is 0.320 e. The molecule has 1 fully saturated rings. The third-order valence-corrected chi connectivity index (χ3v) is 4.49. The van der Waals surface area contributed by atoms with Crippen molar-refractivity contribution in [3.8, 4) is 0 Å². The van der Waals surface area contributed by atoms with Crippen LogP contribution in [-0.2, 0) is 11.3 Å². The number of carboxylic acids is 1. The minimum Gasteiger partial charge on any atom is -0.481 e. The van der Waals surface area contributed by atoms with Gasteiger partial charge in [0, 0.05) is 42.1 Å². The van der Waals surface area contributed by atoms with Crippen molar-refractivity contribution in [1.82, 2.24) is 9.80 Å². The number of carbonyl (C=O) groups is 2. The van der Waals surface area contributed by atoms with Crippen LogP contribution in [0.1, 0.15) is 18.4 Å². The minimum atomic E-state index is -0.913. The molecule has 2 rings (SSSR count). The maximum absolute atomic E-state index is 12.6. The van der Waals surface area contributed by atoms with E-state index in [1.54, 1.807) is 23.1 Å². The van der Waals surface area contributed by atoms with Gasteiger partial charge in [-0.3, -0.25) is 9.18 Å². The van der Waals surface area contributed by atoms with Crippen molar-refractivity contribution in [2.24, 2.45) is 5.92 Å². The molecule has 1 heterocycles. The second-order valence-corrected chi connectivity index (χ2v) is 6.69. The van der Waals surface area contributed by atoms with Crippen LogP contribution in [0.4, 0.5) is 9.18 Å². The molecule has 1 aliphatic heterocycles. The minimum absolute atomic E-state index is 0.0374. The van der Waals surface area contributed by atoms with Crippen molar-refractivity contribution in [3.63, 3.8) is 0 Å². The first-order chi connectivity index (χ1) is 11.4. The molecule has 24 heavy (non-hydrogen) atoms. The SMILES string of the molecule is O=C(O)CC1CN(CCCF)C(=O)N(Cc2ccc(Cl)cc2Cl)C1. The van der Waals surface area contributed by atoms with E-state index < -0.39 is 12.6 Å². The zero-order valence-corrected chi connectivity index (χ0v) is 14.6. The lowest BCUT2D eigenvalue weighted by molar-refractivity contribution is -0.138. The first-order valence-electron chi connectivity index (χ1n) is 7.66. The standard InChI is InChI=1S/C16H19Cl2FN2O3/c17-13-3-2-12(14(18)7-13)10-21-9-11(6-15(22)23)8-20(16(21)24)5-1-4-19/h2-3,7,11H,1,4-6,8-10H2,(H,22,23). The van der Waals surface area contributed by atoms with Gasteiger partial charge in [0.15, 0.2) is 0 Å². The second kappa shape index (κ2) is 8.53. The van der Waals surface area contributed by atoms with E-state index in [-0.39, 0.29) is 37.9 Å². The zero-order valence-electron chi connectivity index (χ0n) is 13.1. The largest absolute Gasteiger partial charge is 0.481 e. The number of hydrogen-bond donors (Lipinski definition) is 1. The predicted molar refractivity (Wildman–Crippen MR) is 90.2 cm³/mol. The highest BCUT2D eigenvalue weighted by Gasteiger charge is 2.32. The fourth-order valence-electron chi connectivity index (χ4n) is 2.84. The monoisotopic (exact) mass is 376 g/mol. The van der Waals surface area contributed by atoms with Gasteiger partial charge in [-0.1, -0.05) is 29.3 Å². The van der Waals surface area contributed by atoms with Crippen LogP contribution in [0.25, 0.3) is 0 Å². The molecule has 1 aromatic carbocycles. The molecule has 0 aliphatic carbocycles. The van der Waals surface area contributed by atoms with E-state index in [1.165, 1.54) is 4.90 Å². The Hall–Kier alpha value is -1.53. The molecule has 2 amide bonds. The van der Waals surface area contributed by atoms with Crippen LogP contribution in [0.2, 0.25) is 10.0 Å². The molecule has 1 aromatic rings. The summed E-state index contributed by atoms with van der Waals surface area (Å²) in [7, 11) is 0. The van der Waals surface area contributed by atoms with Gasteiger partial charge in [0.1, 0.15) is 0 Å². The number of nitrogens with zero attached hydrogens (tertiary/aromatic N) is 2. The fraction of sp³-hybridized carbons (Fsp3) is 0.500. The average molecular weight is 377 g/mol. The van der Waals surface area contributed by atoms with E-state index in [4.69, 9.17) is 28.3 Å². The number of aliphatic carboxylic acids is 1. The Morgan fingerprint density at radius 1 is 1.29 bits per heavy atom. The molecular formula is C16H19Cl2FN2O3. The van der Waals surface area contributed by atoms with Crippen LogP contribution in [0.15, 0.2) is 18.2 Å². The van der Waals surface area contributed by atoms with E-state index in [1.807, 2.05) is 0 Å². The molecule has 132 valence electrons. The molecule has 5 nitrogen and oxygen atoms in total. The van der Waals surface area contributed by atoms with Crippen molar-refractivity contribution in [3.05, 3.63) is 33.8 Å². The highest BCUT2D eigenvalue weighted by Crippen LogP contribution is 2.25. The Bertz CT molecular complexity index is 615. The summed E-state index contributed by atoms with van der Waals surface area (Å²) in [6.07, 6.45) is 0.200. The number of carboxylic acid groups (broad SMARTS) is 1. The summed E-state index contributed by atoms with van der Waals surface area (Å²) < 4.78 is 12.4. The highest BCUT2D eigenvalue weighted by atomic mass is 35.5. The summed E-state index contributed by atoms with van der Waals surface area (Å²) in [4.78, 5) is 26.6. The Morgan fingerprint density at radius 3 is 2.62 bits per heavy atom. The topological polar surface area (TPSA) is 60.9 Å². The van der Waals surface area contributed by atoms with E-state index in [0.29, 0.717) is 23.1 Å². The summed E-state index contributed by atoms with van der Waals surface area (Å²) >= 11 is 12.0. The van der Waals surface area contributed by atoms with Gasteiger partial charge < -0.3 is 14.9 Å². The summed E-state index contributed by atoms with van der Waals surface area (Å²) in [5.74, 6) is -1.12. The van der Waals surface area contributed by atoms with E-state index in [2.05, 4.69) is 0 Å². The molecule has 0 saturated carbocycles. The molecular weight excluding hydrogens is 358 g/mol. The van der Waals surface area contributed by atoms with Crippen molar-refractivity contribution in [2.75, 3.05) is 26.3 Å². The molecule has 1 unspecified atom stereocenters. The lowest BCUT2D eigenvalue weighted by Gasteiger charge is -2.40. The quantitative estimate of drug-likeness (QED) is 0.789. The highest BCUT2D eigenvalue weighted by molar-refractivity contribution is 6.35. The Balaban J connectivity index is 2.14. The molecule has 0 bridgehead atoms. The predicted octanol–water partition coefficient (Wildman–Crippen LogP) is 3.68. The molecule has 8 heteroatoms. The van der Waals surface area contributed by atoms with Crippen molar-refractivity contribution >= 4 is 35.2 Å². The Morgan fingerprint density at radius 2 is 2.00 bits per heavy atom.